The van der Waals surface area contributed by atoms with Crippen LogP contribution in [-0.2, 0) is 4.79 Å². The number of aliphatic hydroxyl groups excluding tert-OH is 1. The average Bonchev–Trinajstić information content (AvgIpc) is 2.84. The number of rotatable bonds is 7. The third-order valence-electron chi connectivity index (χ3n) is 5.07. The number of nitrogens with zero attached hydrogens (tertiary/aromatic N) is 3. The second-order valence-corrected chi connectivity index (χ2v) is 8.04. The summed E-state index contributed by atoms with van der Waals surface area (Å²) >= 11 is 6.09. The van der Waals surface area contributed by atoms with Gasteiger partial charge < -0.3 is 25.4 Å². The Bertz CT molecular complexity index is 1240. The first-order valence-corrected chi connectivity index (χ1v) is 10.9. The Balaban J connectivity index is 1.69. The molecule has 8 nitrogen and oxygen atoms in total. The maximum absolute atomic E-state index is 14.6. The molecular formula is C24H23ClFN5O3. The molecule has 0 spiro atoms. The molecule has 34 heavy (non-hydrogen) atoms. The zero-order valence-electron chi connectivity index (χ0n) is 18.4. The van der Waals surface area contributed by atoms with Gasteiger partial charge >= 0.3 is 0 Å². The summed E-state index contributed by atoms with van der Waals surface area (Å²) in [6, 6.07) is 7.77. The molecule has 0 radical (unpaired) electrons. The number of aromatic nitrogens is 2. The van der Waals surface area contributed by atoms with E-state index >= 15 is 0 Å². The van der Waals surface area contributed by atoms with Crippen molar-refractivity contribution in [2.45, 2.75) is 0 Å². The normalized spacial score (nSPS) is 12.6. The lowest BCUT2D eigenvalue weighted by molar-refractivity contribution is -0.112. The van der Waals surface area contributed by atoms with Crippen LogP contribution >= 0.6 is 11.6 Å². The van der Waals surface area contributed by atoms with Gasteiger partial charge in [-0.05, 0) is 30.3 Å². The number of amides is 1. The van der Waals surface area contributed by atoms with Crippen molar-refractivity contribution in [1.29, 1.82) is 0 Å². The summed E-state index contributed by atoms with van der Waals surface area (Å²) in [5.41, 5.74) is 2.43. The van der Waals surface area contributed by atoms with E-state index < -0.39 is 5.82 Å². The minimum Gasteiger partial charge on any atom is -0.487 e. The minimum absolute atomic E-state index is 0.0112. The molecule has 0 fully saturated rings. The van der Waals surface area contributed by atoms with Crippen molar-refractivity contribution < 1.29 is 19.0 Å². The average molecular weight is 484 g/mol. The van der Waals surface area contributed by atoms with Crippen LogP contribution in [0.3, 0.4) is 0 Å². The van der Waals surface area contributed by atoms with Crippen LogP contribution in [0.15, 0.2) is 55.0 Å². The van der Waals surface area contributed by atoms with E-state index in [0.29, 0.717) is 58.8 Å². The first-order valence-electron chi connectivity index (χ1n) is 10.6. The molecule has 1 amide bonds. The SMILES string of the molecule is CN(C=CC(=O)Nc1cncc(-c2cc(-c3cc(Cl)ccc3F)nc3c2OCCN3)c1)CCO. The van der Waals surface area contributed by atoms with Crippen LogP contribution in [0.2, 0.25) is 5.02 Å². The van der Waals surface area contributed by atoms with Gasteiger partial charge in [-0.15, -0.1) is 0 Å². The molecule has 2 aromatic heterocycles. The fourth-order valence-corrected chi connectivity index (χ4v) is 3.61. The Hall–Kier alpha value is -3.69. The van der Waals surface area contributed by atoms with E-state index in [1.807, 2.05) is 0 Å². The topological polar surface area (TPSA) is 99.6 Å². The smallest absolute Gasteiger partial charge is 0.249 e. The van der Waals surface area contributed by atoms with Crippen molar-refractivity contribution in [2.24, 2.45) is 0 Å². The molecule has 3 N–H and O–H groups in total. The Labute approximate surface area is 201 Å². The van der Waals surface area contributed by atoms with Gasteiger partial charge in [0.05, 0.1) is 30.7 Å². The lowest BCUT2D eigenvalue weighted by Gasteiger charge is -2.22. The third-order valence-corrected chi connectivity index (χ3v) is 5.30. The van der Waals surface area contributed by atoms with E-state index in [2.05, 4.69) is 20.6 Å². The molecule has 0 bridgehead atoms. The van der Waals surface area contributed by atoms with Crippen LogP contribution in [0.25, 0.3) is 22.4 Å². The van der Waals surface area contributed by atoms with E-state index in [9.17, 15) is 9.18 Å². The number of likely N-dealkylation sites (N-methyl/N-ethyl adjacent to an activating group) is 1. The predicted molar refractivity (Wildman–Crippen MR) is 129 cm³/mol. The number of halogens is 2. The quantitative estimate of drug-likeness (QED) is 0.440. The molecule has 0 atom stereocenters. The van der Waals surface area contributed by atoms with Crippen molar-refractivity contribution >= 4 is 29.0 Å². The van der Waals surface area contributed by atoms with Crippen molar-refractivity contribution in [3.63, 3.8) is 0 Å². The number of aliphatic hydroxyl groups is 1. The highest BCUT2D eigenvalue weighted by atomic mass is 35.5. The highest BCUT2D eigenvalue weighted by Gasteiger charge is 2.21. The zero-order chi connectivity index (χ0) is 24.1. The van der Waals surface area contributed by atoms with Crippen LogP contribution in [0.4, 0.5) is 15.9 Å². The van der Waals surface area contributed by atoms with Crippen molar-refractivity contribution in [3.8, 4) is 28.1 Å². The summed E-state index contributed by atoms with van der Waals surface area (Å²) in [7, 11) is 1.75. The number of nitrogens with one attached hydrogen (secondary N) is 2. The lowest BCUT2D eigenvalue weighted by atomic mass is 10.0. The summed E-state index contributed by atoms with van der Waals surface area (Å²) in [6.45, 7) is 1.41. The molecular weight excluding hydrogens is 461 g/mol. The van der Waals surface area contributed by atoms with Crippen LogP contribution in [0.1, 0.15) is 0 Å². The van der Waals surface area contributed by atoms with Gasteiger partial charge in [0, 0.05) is 53.8 Å². The molecule has 1 aliphatic rings. The highest BCUT2D eigenvalue weighted by Crippen LogP contribution is 2.41. The summed E-state index contributed by atoms with van der Waals surface area (Å²) in [4.78, 5) is 22.8. The van der Waals surface area contributed by atoms with E-state index in [4.69, 9.17) is 21.4 Å². The summed E-state index contributed by atoms with van der Waals surface area (Å²) in [6.07, 6.45) is 6.10. The Morgan fingerprint density at radius 2 is 2.18 bits per heavy atom. The maximum atomic E-state index is 14.6. The number of ether oxygens (including phenoxy) is 1. The molecule has 1 aliphatic heterocycles. The molecule has 0 unspecified atom stereocenters. The van der Waals surface area contributed by atoms with Crippen molar-refractivity contribution in [1.82, 2.24) is 14.9 Å². The van der Waals surface area contributed by atoms with Crippen LogP contribution in [-0.4, -0.2) is 59.2 Å². The minimum atomic E-state index is -0.448. The molecule has 3 heterocycles. The molecule has 3 aromatic rings. The van der Waals surface area contributed by atoms with Crippen LogP contribution < -0.4 is 15.4 Å². The van der Waals surface area contributed by atoms with Crippen LogP contribution in [0.5, 0.6) is 5.75 Å². The monoisotopic (exact) mass is 483 g/mol. The molecule has 1 aromatic carbocycles. The van der Waals surface area contributed by atoms with Gasteiger partial charge in [0.15, 0.2) is 11.6 Å². The number of benzene rings is 1. The number of hydrogen-bond acceptors (Lipinski definition) is 7. The number of pyridine rings is 2. The largest absolute Gasteiger partial charge is 0.487 e. The van der Waals surface area contributed by atoms with Gasteiger partial charge in [0.2, 0.25) is 5.91 Å². The third kappa shape index (κ3) is 5.44. The predicted octanol–water partition coefficient (Wildman–Crippen LogP) is 3.78. The van der Waals surface area contributed by atoms with Crippen molar-refractivity contribution in [2.75, 3.05) is 44.0 Å². The first-order chi connectivity index (χ1) is 16.4. The van der Waals surface area contributed by atoms with Gasteiger partial charge in [-0.3, -0.25) is 9.78 Å². The molecule has 4 rings (SSSR count). The maximum Gasteiger partial charge on any atom is 0.249 e. The lowest BCUT2D eigenvalue weighted by Crippen LogP contribution is -2.20. The second-order valence-electron chi connectivity index (χ2n) is 7.60. The van der Waals surface area contributed by atoms with Gasteiger partial charge in [0.25, 0.3) is 0 Å². The fraction of sp³-hybridized carbons (Fsp3) is 0.208. The molecule has 0 saturated heterocycles. The second kappa shape index (κ2) is 10.5. The summed E-state index contributed by atoms with van der Waals surface area (Å²) in [5, 5.41) is 15.3. The number of carbonyl (C=O) groups excluding carboxylic acids is 1. The van der Waals surface area contributed by atoms with Gasteiger partial charge in [-0.25, -0.2) is 9.37 Å². The van der Waals surface area contributed by atoms with E-state index in [-0.39, 0.29) is 18.1 Å². The van der Waals surface area contributed by atoms with Gasteiger partial charge in [-0.2, -0.15) is 0 Å². The molecule has 176 valence electrons. The fourth-order valence-electron chi connectivity index (χ4n) is 3.43. The Kier molecular flexibility index (Phi) is 7.24. The van der Waals surface area contributed by atoms with Gasteiger partial charge in [-0.1, -0.05) is 11.6 Å². The standard InChI is InChI=1S/C24H23ClFN5O3/c1-31(7-8-32)6-4-22(33)29-17-10-15(13-27-14-17)18-12-21(19-11-16(25)2-3-20(19)26)30-24-23(18)34-9-5-28-24/h2-4,6,10-14,32H,5,7-9H2,1H3,(H,28,30)(H,29,33). The van der Waals surface area contributed by atoms with Crippen LogP contribution in [0, 0.1) is 5.82 Å². The molecule has 10 heteroatoms. The molecule has 0 saturated carbocycles. The summed E-state index contributed by atoms with van der Waals surface area (Å²) in [5.74, 6) is 0.215. The number of fused-ring (bicyclic) bond motifs is 1. The Morgan fingerprint density at radius 3 is 3.00 bits per heavy atom. The Morgan fingerprint density at radius 1 is 1.32 bits per heavy atom. The van der Waals surface area contributed by atoms with Crippen molar-refractivity contribution in [3.05, 3.63) is 65.8 Å². The van der Waals surface area contributed by atoms with E-state index in [0.717, 1.165) is 0 Å². The highest BCUT2D eigenvalue weighted by molar-refractivity contribution is 6.30. The first kappa shape index (κ1) is 23.5. The van der Waals surface area contributed by atoms with E-state index in [1.165, 1.54) is 30.5 Å². The summed E-state index contributed by atoms with van der Waals surface area (Å²) < 4.78 is 20.4. The zero-order valence-corrected chi connectivity index (χ0v) is 19.1. The molecule has 0 aliphatic carbocycles. The number of hydrogen-bond donors (Lipinski definition) is 3. The van der Waals surface area contributed by atoms with Gasteiger partial charge in [0.1, 0.15) is 12.4 Å². The number of carbonyl (C=O) groups is 1. The number of anilines is 2. The van der Waals surface area contributed by atoms with E-state index in [1.54, 1.807) is 36.5 Å².